The number of nitrogens with zero attached hydrogens (tertiary/aromatic N) is 3. The molecule has 0 radical (unpaired) electrons. The van der Waals surface area contributed by atoms with E-state index in [9.17, 15) is 13.2 Å². The van der Waals surface area contributed by atoms with Crippen molar-refractivity contribution in [3.8, 4) is 12.1 Å². The van der Waals surface area contributed by atoms with Crippen molar-refractivity contribution in [1.82, 2.24) is 0 Å². The minimum atomic E-state index is -4.39. The predicted octanol–water partition coefficient (Wildman–Crippen LogP) is 3.95. The van der Waals surface area contributed by atoms with Crippen molar-refractivity contribution in [3.05, 3.63) is 0 Å². The molecule has 0 saturated carbocycles. The quantitative estimate of drug-likeness (QED) is 0.386. The summed E-state index contributed by atoms with van der Waals surface area (Å²) in [6.45, 7) is 3.92. The lowest BCUT2D eigenvalue weighted by atomic mass is 9.81. The molecule has 112 valence electrons. The summed E-state index contributed by atoms with van der Waals surface area (Å²) in [5.74, 6) is 0. The normalized spacial score (nSPS) is 12.7. The van der Waals surface area contributed by atoms with Crippen molar-refractivity contribution in [2.24, 2.45) is 10.6 Å². The molecule has 0 aromatic rings. The van der Waals surface area contributed by atoms with E-state index in [2.05, 4.69) is 5.16 Å². The second-order valence-corrected chi connectivity index (χ2v) is 4.61. The van der Waals surface area contributed by atoms with Crippen LogP contribution < -0.4 is 0 Å². The molecule has 20 heavy (non-hydrogen) atoms. The topological polar surface area (TPSA) is 69.2 Å². The smallest absolute Gasteiger partial charge is 0.389 e. The fourth-order valence-corrected chi connectivity index (χ4v) is 1.49. The number of hydrogen-bond donors (Lipinski definition) is 0. The molecule has 0 aliphatic heterocycles. The van der Waals surface area contributed by atoms with Gasteiger partial charge >= 0.3 is 6.18 Å². The van der Waals surface area contributed by atoms with Gasteiger partial charge in [-0.25, -0.2) is 0 Å². The number of alkyl halides is 3. The molecule has 0 N–H and O–H groups in total. The Hall–Kier alpha value is -1.76. The zero-order valence-corrected chi connectivity index (χ0v) is 11.6. The van der Waals surface area contributed by atoms with E-state index in [1.54, 1.807) is 12.1 Å². The molecule has 0 aromatic heterocycles. The van der Waals surface area contributed by atoms with Gasteiger partial charge in [-0.05, 0) is 19.8 Å². The minimum absolute atomic E-state index is 0.151. The maximum Gasteiger partial charge on any atom is 0.389 e. The summed E-state index contributed by atoms with van der Waals surface area (Å²) in [5, 5.41) is 21.7. The van der Waals surface area contributed by atoms with Crippen LogP contribution in [0, 0.1) is 28.1 Å². The average molecular weight is 289 g/mol. The summed E-state index contributed by atoms with van der Waals surface area (Å²) in [6, 6.07) is 3.35. The molecule has 4 nitrogen and oxygen atoms in total. The second kappa shape index (κ2) is 8.42. The third kappa shape index (κ3) is 7.63. The summed E-state index contributed by atoms with van der Waals surface area (Å²) < 4.78 is 36.6. The Morgan fingerprint density at radius 3 is 2.25 bits per heavy atom. The standard InChI is InChI=1S/C13H18F3N3O/c1-3-4-7-20-19-11(2)8-12(9-17,10-18)5-6-13(14,15)16/h3-8H2,1-2H3. The van der Waals surface area contributed by atoms with Crippen molar-refractivity contribution in [1.29, 1.82) is 10.5 Å². The Kier molecular flexibility index (Phi) is 7.68. The van der Waals surface area contributed by atoms with Gasteiger partial charge in [0.2, 0.25) is 0 Å². The third-order valence-corrected chi connectivity index (χ3v) is 2.63. The zero-order chi connectivity index (χ0) is 15.6. The number of rotatable bonds is 8. The van der Waals surface area contributed by atoms with Crippen LogP contribution in [0.1, 0.15) is 46.0 Å². The Morgan fingerprint density at radius 2 is 1.80 bits per heavy atom. The maximum absolute atomic E-state index is 12.2. The molecule has 0 saturated heterocycles. The maximum atomic E-state index is 12.2. The van der Waals surface area contributed by atoms with Crippen LogP contribution in [0.15, 0.2) is 5.16 Å². The van der Waals surface area contributed by atoms with Crippen LogP contribution in [0.5, 0.6) is 0 Å². The molecule has 0 unspecified atom stereocenters. The number of oxime groups is 1. The van der Waals surface area contributed by atoms with E-state index in [1.807, 2.05) is 6.92 Å². The van der Waals surface area contributed by atoms with Crippen LogP contribution in [-0.2, 0) is 4.84 Å². The molecule has 0 aliphatic carbocycles. The molecular weight excluding hydrogens is 271 g/mol. The summed E-state index contributed by atoms with van der Waals surface area (Å²) in [4.78, 5) is 4.96. The van der Waals surface area contributed by atoms with Crippen LogP contribution >= 0.6 is 0 Å². The highest BCUT2D eigenvalue weighted by Crippen LogP contribution is 2.33. The molecule has 0 rings (SSSR count). The number of halogens is 3. The summed E-state index contributed by atoms with van der Waals surface area (Å²) in [7, 11) is 0. The fraction of sp³-hybridized carbons (Fsp3) is 0.769. The number of unbranched alkanes of at least 4 members (excludes halogenated alkanes) is 1. The van der Waals surface area contributed by atoms with Gasteiger partial charge in [-0.2, -0.15) is 23.7 Å². The van der Waals surface area contributed by atoms with Gasteiger partial charge in [0, 0.05) is 12.8 Å². The fourth-order valence-electron chi connectivity index (χ4n) is 1.49. The summed E-state index contributed by atoms with van der Waals surface area (Å²) in [5.41, 5.74) is -1.37. The lowest BCUT2D eigenvalue weighted by molar-refractivity contribution is -0.138. The van der Waals surface area contributed by atoms with Crippen molar-refractivity contribution in [3.63, 3.8) is 0 Å². The van der Waals surface area contributed by atoms with E-state index >= 15 is 0 Å². The van der Waals surface area contributed by atoms with Gasteiger partial charge in [-0.15, -0.1) is 0 Å². The lowest BCUT2D eigenvalue weighted by Crippen LogP contribution is -2.23. The van der Waals surface area contributed by atoms with Crippen molar-refractivity contribution in [2.75, 3.05) is 6.61 Å². The van der Waals surface area contributed by atoms with Gasteiger partial charge < -0.3 is 4.84 Å². The first-order chi connectivity index (χ1) is 9.28. The summed E-state index contributed by atoms with van der Waals surface area (Å²) in [6.07, 6.45) is -4.53. The molecule has 0 bridgehead atoms. The Labute approximate surface area is 116 Å². The number of hydrogen-bond acceptors (Lipinski definition) is 4. The van der Waals surface area contributed by atoms with E-state index in [1.165, 1.54) is 6.92 Å². The Morgan fingerprint density at radius 1 is 1.20 bits per heavy atom. The molecule has 0 aliphatic rings. The SMILES string of the molecule is CCCCON=C(C)CC(C#N)(C#N)CCC(F)(F)F. The molecule has 0 spiro atoms. The zero-order valence-electron chi connectivity index (χ0n) is 11.6. The van der Waals surface area contributed by atoms with Crippen molar-refractivity contribution < 1.29 is 18.0 Å². The highest BCUT2D eigenvalue weighted by molar-refractivity contribution is 5.82. The molecular formula is C13H18F3N3O. The van der Waals surface area contributed by atoms with Gasteiger partial charge in [0.1, 0.15) is 12.0 Å². The van der Waals surface area contributed by atoms with E-state index in [0.717, 1.165) is 12.8 Å². The van der Waals surface area contributed by atoms with E-state index in [0.29, 0.717) is 12.3 Å². The molecule has 0 amide bonds. The first kappa shape index (κ1) is 18.2. The van der Waals surface area contributed by atoms with Gasteiger partial charge in [0.15, 0.2) is 0 Å². The number of nitriles is 2. The second-order valence-electron chi connectivity index (χ2n) is 4.61. The largest absolute Gasteiger partial charge is 0.396 e. The molecule has 0 fully saturated rings. The van der Waals surface area contributed by atoms with Crippen LogP contribution in [0.4, 0.5) is 13.2 Å². The van der Waals surface area contributed by atoms with Gasteiger partial charge in [-0.1, -0.05) is 18.5 Å². The monoisotopic (exact) mass is 289 g/mol. The van der Waals surface area contributed by atoms with Gasteiger partial charge in [0.25, 0.3) is 0 Å². The van der Waals surface area contributed by atoms with Crippen molar-refractivity contribution >= 4 is 5.71 Å². The Balaban J connectivity index is 4.61. The highest BCUT2D eigenvalue weighted by atomic mass is 19.4. The average Bonchev–Trinajstić information content (AvgIpc) is 2.39. The molecule has 0 heterocycles. The summed E-state index contributed by atoms with van der Waals surface area (Å²) >= 11 is 0. The third-order valence-electron chi connectivity index (χ3n) is 2.63. The lowest BCUT2D eigenvalue weighted by Gasteiger charge is -2.18. The molecule has 0 aromatic carbocycles. The van der Waals surface area contributed by atoms with Gasteiger partial charge in [-0.3, -0.25) is 0 Å². The highest BCUT2D eigenvalue weighted by Gasteiger charge is 2.37. The minimum Gasteiger partial charge on any atom is -0.396 e. The van der Waals surface area contributed by atoms with Gasteiger partial charge in [0.05, 0.1) is 17.9 Å². The van der Waals surface area contributed by atoms with Crippen LogP contribution in [0.3, 0.4) is 0 Å². The predicted molar refractivity (Wildman–Crippen MR) is 67.5 cm³/mol. The van der Waals surface area contributed by atoms with Crippen LogP contribution in [-0.4, -0.2) is 18.5 Å². The van der Waals surface area contributed by atoms with Crippen LogP contribution in [0.2, 0.25) is 0 Å². The van der Waals surface area contributed by atoms with E-state index in [-0.39, 0.29) is 6.42 Å². The molecule has 0 atom stereocenters. The van der Waals surface area contributed by atoms with E-state index < -0.39 is 24.4 Å². The van der Waals surface area contributed by atoms with E-state index in [4.69, 9.17) is 15.4 Å². The first-order valence-corrected chi connectivity index (χ1v) is 6.33. The van der Waals surface area contributed by atoms with Crippen molar-refractivity contribution in [2.45, 2.75) is 52.1 Å². The van der Waals surface area contributed by atoms with Crippen LogP contribution in [0.25, 0.3) is 0 Å². The molecule has 7 heteroatoms. The Bertz CT molecular complexity index is 391. The first-order valence-electron chi connectivity index (χ1n) is 6.33.